The van der Waals surface area contributed by atoms with Crippen LogP contribution in [0.15, 0.2) is 0 Å². The van der Waals surface area contributed by atoms with Crippen molar-refractivity contribution in [2.75, 3.05) is 6.54 Å². The Labute approximate surface area is 74.4 Å². The first-order chi connectivity index (χ1) is 5.79. The van der Waals surface area contributed by atoms with Crippen LogP contribution in [-0.4, -0.2) is 23.3 Å². The molecule has 1 atom stereocenters. The number of aliphatic hydroxyl groups is 1. The molecule has 1 saturated heterocycles. The molecule has 2 heteroatoms. The molecule has 2 nitrogen and oxygen atoms in total. The van der Waals surface area contributed by atoms with E-state index in [1.807, 2.05) is 0 Å². The second kappa shape index (κ2) is 3.35. The van der Waals surface area contributed by atoms with Gasteiger partial charge in [0.1, 0.15) is 0 Å². The second-order valence-corrected chi connectivity index (χ2v) is 4.43. The summed E-state index contributed by atoms with van der Waals surface area (Å²) in [5.41, 5.74) is -0.304. The van der Waals surface area contributed by atoms with Gasteiger partial charge in [0.05, 0.1) is 5.60 Å². The van der Waals surface area contributed by atoms with Crippen LogP contribution in [0.1, 0.15) is 44.9 Å². The minimum absolute atomic E-state index is 0.304. The van der Waals surface area contributed by atoms with E-state index in [4.69, 9.17) is 0 Å². The molecule has 0 amide bonds. The average molecular weight is 169 g/mol. The van der Waals surface area contributed by atoms with E-state index < -0.39 is 0 Å². The van der Waals surface area contributed by atoms with Gasteiger partial charge in [-0.25, -0.2) is 0 Å². The van der Waals surface area contributed by atoms with Crippen LogP contribution in [0, 0.1) is 0 Å². The standard InChI is InChI=1S/C10H19NO/c12-10(5-1-2-6-10)8-9-4-3-7-11-9/h9,11-12H,1-8H2/t9-/m1/s1. The summed E-state index contributed by atoms with van der Waals surface area (Å²) in [4.78, 5) is 0. The Kier molecular flexibility index (Phi) is 2.37. The van der Waals surface area contributed by atoms with Crippen molar-refractivity contribution >= 4 is 0 Å². The molecule has 2 fully saturated rings. The third-order valence-electron chi connectivity index (χ3n) is 3.32. The smallest absolute Gasteiger partial charge is 0.0662 e. The van der Waals surface area contributed by atoms with Crippen molar-refractivity contribution < 1.29 is 5.11 Å². The van der Waals surface area contributed by atoms with E-state index in [1.54, 1.807) is 0 Å². The van der Waals surface area contributed by atoms with Gasteiger partial charge in [-0.05, 0) is 38.6 Å². The van der Waals surface area contributed by atoms with Gasteiger partial charge in [0, 0.05) is 6.04 Å². The highest BCUT2D eigenvalue weighted by molar-refractivity contribution is 4.90. The lowest BCUT2D eigenvalue weighted by molar-refractivity contribution is 0.0302. The molecule has 12 heavy (non-hydrogen) atoms. The molecular weight excluding hydrogens is 150 g/mol. The Morgan fingerprint density at radius 3 is 2.58 bits per heavy atom. The van der Waals surface area contributed by atoms with E-state index in [0.717, 1.165) is 25.8 Å². The van der Waals surface area contributed by atoms with Gasteiger partial charge >= 0.3 is 0 Å². The lowest BCUT2D eigenvalue weighted by Crippen LogP contribution is -2.34. The Bertz CT molecular complexity index is 146. The predicted molar refractivity (Wildman–Crippen MR) is 49.1 cm³/mol. The number of rotatable bonds is 2. The summed E-state index contributed by atoms with van der Waals surface area (Å²) in [5.74, 6) is 0. The van der Waals surface area contributed by atoms with Crippen LogP contribution < -0.4 is 5.32 Å². The molecule has 0 aromatic rings. The fraction of sp³-hybridized carbons (Fsp3) is 1.00. The van der Waals surface area contributed by atoms with Gasteiger partial charge in [0.25, 0.3) is 0 Å². The highest BCUT2D eigenvalue weighted by Gasteiger charge is 2.34. The largest absolute Gasteiger partial charge is 0.390 e. The molecule has 1 aliphatic heterocycles. The molecule has 2 N–H and O–H groups in total. The Morgan fingerprint density at radius 2 is 2.00 bits per heavy atom. The van der Waals surface area contributed by atoms with Gasteiger partial charge in [-0.2, -0.15) is 0 Å². The Balaban J connectivity index is 1.83. The molecule has 0 aromatic heterocycles. The van der Waals surface area contributed by atoms with Crippen molar-refractivity contribution in [1.29, 1.82) is 0 Å². The SMILES string of the molecule is OC1(C[C@H]2CCCN2)CCCC1. The summed E-state index contributed by atoms with van der Waals surface area (Å²) in [6.45, 7) is 1.15. The summed E-state index contributed by atoms with van der Waals surface area (Å²) in [7, 11) is 0. The zero-order valence-electron chi connectivity index (χ0n) is 7.68. The number of hydrogen-bond acceptors (Lipinski definition) is 2. The van der Waals surface area contributed by atoms with Gasteiger partial charge in [-0.15, -0.1) is 0 Å². The molecule has 1 saturated carbocycles. The highest BCUT2D eigenvalue weighted by Crippen LogP contribution is 2.34. The fourth-order valence-electron chi connectivity index (χ4n) is 2.63. The Morgan fingerprint density at radius 1 is 1.25 bits per heavy atom. The van der Waals surface area contributed by atoms with Gasteiger partial charge < -0.3 is 10.4 Å². The molecule has 0 radical (unpaired) electrons. The summed E-state index contributed by atoms with van der Waals surface area (Å²) in [6.07, 6.45) is 8.07. The summed E-state index contributed by atoms with van der Waals surface area (Å²) in [5, 5.41) is 13.6. The van der Waals surface area contributed by atoms with Crippen LogP contribution in [-0.2, 0) is 0 Å². The Hall–Kier alpha value is -0.0800. The van der Waals surface area contributed by atoms with E-state index >= 15 is 0 Å². The van der Waals surface area contributed by atoms with E-state index in [1.165, 1.54) is 25.7 Å². The highest BCUT2D eigenvalue weighted by atomic mass is 16.3. The number of nitrogens with one attached hydrogen (secondary N) is 1. The van der Waals surface area contributed by atoms with E-state index in [9.17, 15) is 5.11 Å². The van der Waals surface area contributed by atoms with Crippen molar-refractivity contribution in [1.82, 2.24) is 5.32 Å². The van der Waals surface area contributed by atoms with Crippen LogP contribution in [0.25, 0.3) is 0 Å². The first-order valence-corrected chi connectivity index (χ1v) is 5.24. The van der Waals surface area contributed by atoms with Crippen molar-refractivity contribution in [3.8, 4) is 0 Å². The summed E-state index contributed by atoms with van der Waals surface area (Å²) < 4.78 is 0. The van der Waals surface area contributed by atoms with Crippen LogP contribution in [0.3, 0.4) is 0 Å². The van der Waals surface area contributed by atoms with E-state index in [0.29, 0.717) is 6.04 Å². The van der Waals surface area contributed by atoms with Gasteiger partial charge in [-0.3, -0.25) is 0 Å². The van der Waals surface area contributed by atoms with Gasteiger partial charge in [-0.1, -0.05) is 12.8 Å². The maximum absolute atomic E-state index is 10.1. The van der Waals surface area contributed by atoms with E-state index in [-0.39, 0.29) is 5.60 Å². The summed E-state index contributed by atoms with van der Waals surface area (Å²) in [6, 6.07) is 0.605. The van der Waals surface area contributed by atoms with Crippen molar-refractivity contribution in [2.24, 2.45) is 0 Å². The normalized spacial score (nSPS) is 34.2. The third-order valence-corrected chi connectivity index (χ3v) is 3.32. The average Bonchev–Trinajstić information content (AvgIpc) is 2.62. The molecule has 1 heterocycles. The molecule has 70 valence electrons. The molecule has 2 aliphatic rings. The minimum atomic E-state index is -0.304. The molecule has 0 spiro atoms. The third kappa shape index (κ3) is 1.80. The molecule has 2 rings (SSSR count). The lowest BCUT2D eigenvalue weighted by atomic mass is 9.92. The van der Waals surface area contributed by atoms with E-state index in [2.05, 4.69) is 5.32 Å². The first kappa shape index (κ1) is 8.52. The maximum atomic E-state index is 10.1. The van der Waals surface area contributed by atoms with Crippen molar-refractivity contribution in [3.05, 3.63) is 0 Å². The van der Waals surface area contributed by atoms with Crippen LogP contribution in [0.5, 0.6) is 0 Å². The fourth-order valence-corrected chi connectivity index (χ4v) is 2.63. The molecule has 0 bridgehead atoms. The van der Waals surface area contributed by atoms with Crippen molar-refractivity contribution in [3.63, 3.8) is 0 Å². The van der Waals surface area contributed by atoms with Crippen molar-refractivity contribution in [2.45, 2.75) is 56.6 Å². The summed E-state index contributed by atoms with van der Waals surface area (Å²) >= 11 is 0. The topological polar surface area (TPSA) is 32.3 Å². The van der Waals surface area contributed by atoms with Crippen LogP contribution in [0.2, 0.25) is 0 Å². The molecular formula is C10H19NO. The van der Waals surface area contributed by atoms with Gasteiger partial charge in [0.2, 0.25) is 0 Å². The zero-order valence-corrected chi connectivity index (χ0v) is 7.68. The molecule has 0 aromatic carbocycles. The number of hydrogen-bond donors (Lipinski definition) is 2. The van der Waals surface area contributed by atoms with Crippen LogP contribution >= 0.6 is 0 Å². The molecule has 1 aliphatic carbocycles. The van der Waals surface area contributed by atoms with Gasteiger partial charge in [0.15, 0.2) is 0 Å². The first-order valence-electron chi connectivity index (χ1n) is 5.24. The maximum Gasteiger partial charge on any atom is 0.0662 e. The second-order valence-electron chi connectivity index (χ2n) is 4.43. The quantitative estimate of drug-likeness (QED) is 0.655. The molecule has 0 unspecified atom stereocenters. The predicted octanol–water partition coefficient (Wildman–Crippen LogP) is 1.43. The minimum Gasteiger partial charge on any atom is -0.390 e. The lowest BCUT2D eigenvalue weighted by Gasteiger charge is -2.25. The zero-order chi connectivity index (χ0) is 8.44. The van der Waals surface area contributed by atoms with Crippen LogP contribution in [0.4, 0.5) is 0 Å². The monoisotopic (exact) mass is 169 g/mol.